The summed E-state index contributed by atoms with van der Waals surface area (Å²) in [7, 11) is 1.68. The van der Waals surface area contributed by atoms with Gasteiger partial charge < -0.3 is 10.4 Å². The lowest BCUT2D eigenvalue weighted by Crippen LogP contribution is -2.42. The smallest absolute Gasteiger partial charge is 0.284 e. The van der Waals surface area contributed by atoms with E-state index in [1.165, 1.54) is 41.2 Å². The molecule has 4 rings (SSSR count). The van der Waals surface area contributed by atoms with Crippen LogP contribution in [-0.4, -0.2) is 42.7 Å². The van der Waals surface area contributed by atoms with E-state index in [2.05, 4.69) is 15.5 Å². The van der Waals surface area contributed by atoms with Gasteiger partial charge in [0.25, 0.3) is 17.9 Å². The Morgan fingerprint density at radius 2 is 2.00 bits per heavy atom. The van der Waals surface area contributed by atoms with E-state index in [-0.39, 0.29) is 16.8 Å². The molecule has 1 saturated carbocycles. The Hall–Kier alpha value is -3.40. The number of rotatable bonds is 5. The molecule has 2 atom stereocenters. The zero-order chi connectivity index (χ0) is 22.1. The first-order valence-electron chi connectivity index (χ1n) is 9.84. The summed E-state index contributed by atoms with van der Waals surface area (Å²) in [5, 5.41) is 21.1. The van der Waals surface area contributed by atoms with Gasteiger partial charge in [0, 0.05) is 18.2 Å². The van der Waals surface area contributed by atoms with Gasteiger partial charge >= 0.3 is 0 Å². The molecule has 2 aromatic heterocycles. The van der Waals surface area contributed by atoms with Crippen LogP contribution in [0.4, 0.5) is 8.78 Å². The number of carbonyl (C=O) groups is 1. The van der Waals surface area contributed by atoms with Gasteiger partial charge in [0.05, 0.1) is 30.2 Å². The summed E-state index contributed by atoms with van der Waals surface area (Å²) in [6.07, 6.45) is 1.73. The molecule has 162 valence electrons. The van der Waals surface area contributed by atoms with Crippen LogP contribution in [0.3, 0.4) is 0 Å². The second-order valence-electron chi connectivity index (χ2n) is 7.53. The van der Waals surface area contributed by atoms with E-state index in [0.29, 0.717) is 24.1 Å². The van der Waals surface area contributed by atoms with E-state index in [1.54, 1.807) is 13.2 Å². The quantitative estimate of drug-likeness (QED) is 0.648. The maximum atomic E-state index is 13.0. The molecule has 1 aliphatic rings. The van der Waals surface area contributed by atoms with E-state index < -0.39 is 30.0 Å². The van der Waals surface area contributed by atoms with Gasteiger partial charge in [0.15, 0.2) is 0 Å². The highest BCUT2D eigenvalue weighted by Gasteiger charge is 2.28. The normalized spacial score (nSPS) is 18.5. The van der Waals surface area contributed by atoms with Crippen LogP contribution in [0.25, 0.3) is 16.9 Å². The van der Waals surface area contributed by atoms with Gasteiger partial charge in [-0.2, -0.15) is 14.9 Å². The van der Waals surface area contributed by atoms with Gasteiger partial charge in [-0.3, -0.25) is 14.3 Å². The number of aromatic nitrogens is 4. The monoisotopic (exact) mass is 429 g/mol. The Morgan fingerprint density at radius 1 is 1.26 bits per heavy atom. The lowest BCUT2D eigenvalue weighted by atomic mass is 10.1. The molecule has 1 aromatic carbocycles. The summed E-state index contributed by atoms with van der Waals surface area (Å²) >= 11 is 0. The molecule has 8 nitrogen and oxygen atoms in total. The minimum Gasteiger partial charge on any atom is -0.391 e. The second kappa shape index (κ2) is 8.38. The van der Waals surface area contributed by atoms with Crippen molar-refractivity contribution in [2.45, 2.75) is 37.8 Å². The number of benzene rings is 1. The molecule has 1 amide bonds. The number of hydrogen-bond acceptors (Lipinski definition) is 5. The van der Waals surface area contributed by atoms with Crippen molar-refractivity contribution in [1.82, 2.24) is 24.9 Å². The van der Waals surface area contributed by atoms with Crippen molar-refractivity contribution in [1.29, 1.82) is 0 Å². The van der Waals surface area contributed by atoms with Gasteiger partial charge in [-0.1, -0.05) is 24.3 Å². The Kier molecular flexibility index (Phi) is 5.64. The van der Waals surface area contributed by atoms with Crippen LogP contribution >= 0.6 is 0 Å². The molecule has 3 aromatic rings. The predicted octanol–water partition coefficient (Wildman–Crippen LogP) is 2.21. The van der Waals surface area contributed by atoms with E-state index in [4.69, 9.17) is 0 Å². The van der Waals surface area contributed by atoms with Crippen LogP contribution in [-0.2, 0) is 7.05 Å². The third-order valence-corrected chi connectivity index (χ3v) is 5.35. The summed E-state index contributed by atoms with van der Waals surface area (Å²) in [6, 6.07) is 6.38. The number of alkyl halides is 2. The zero-order valence-corrected chi connectivity index (χ0v) is 16.7. The molecular weight excluding hydrogens is 408 g/mol. The largest absolute Gasteiger partial charge is 0.391 e. The first kappa shape index (κ1) is 20.9. The summed E-state index contributed by atoms with van der Waals surface area (Å²) in [5.41, 5.74) is 0.140. The van der Waals surface area contributed by atoms with Crippen molar-refractivity contribution >= 4 is 5.91 Å². The number of halogens is 2. The summed E-state index contributed by atoms with van der Waals surface area (Å²) in [4.78, 5) is 25.9. The van der Waals surface area contributed by atoms with E-state index >= 15 is 0 Å². The molecule has 0 spiro atoms. The minimum atomic E-state index is -2.61. The number of aliphatic hydroxyl groups is 1. The lowest BCUT2D eigenvalue weighted by Gasteiger charge is -2.17. The molecule has 0 radical (unpaired) electrons. The van der Waals surface area contributed by atoms with Gasteiger partial charge in [-0.05, 0) is 25.3 Å². The average Bonchev–Trinajstić information content (AvgIpc) is 3.36. The third-order valence-electron chi connectivity index (χ3n) is 5.35. The topological polar surface area (TPSA) is 102 Å². The van der Waals surface area contributed by atoms with E-state index in [0.717, 1.165) is 11.1 Å². The van der Waals surface area contributed by atoms with Crippen LogP contribution in [0.2, 0.25) is 0 Å². The van der Waals surface area contributed by atoms with Crippen molar-refractivity contribution in [2.24, 2.45) is 7.05 Å². The molecule has 31 heavy (non-hydrogen) atoms. The van der Waals surface area contributed by atoms with Gasteiger partial charge in [0.2, 0.25) is 0 Å². The fourth-order valence-corrected chi connectivity index (χ4v) is 3.65. The second-order valence-corrected chi connectivity index (χ2v) is 7.53. The highest BCUT2D eigenvalue weighted by Crippen LogP contribution is 2.24. The van der Waals surface area contributed by atoms with Crippen molar-refractivity contribution in [3.05, 3.63) is 64.2 Å². The lowest BCUT2D eigenvalue weighted by molar-refractivity contribution is 0.0871. The molecule has 2 N–H and O–H groups in total. The molecule has 10 heteroatoms. The van der Waals surface area contributed by atoms with Crippen molar-refractivity contribution < 1.29 is 18.7 Å². The van der Waals surface area contributed by atoms with Crippen LogP contribution in [0.15, 0.2) is 47.5 Å². The Labute approximate surface area is 176 Å². The van der Waals surface area contributed by atoms with Crippen molar-refractivity contribution in [3.63, 3.8) is 0 Å². The van der Waals surface area contributed by atoms with Crippen LogP contribution in [0.5, 0.6) is 0 Å². The SMILES string of the molecule is Cn1cc(-n2nc(-c3ccc(C(F)F)cc3)cc(C(=O)N[C@@H]3CCC[C@H]3O)c2=O)cn1. The predicted molar refractivity (Wildman–Crippen MR) is 108 cm³/mol. The summed E-state index contributed by atoms with van der Waals surface area (Å²) in [6.45, 7) is 0. The van der Waals surface area contributed by atoms with Gasteiger partial charge in [-0.25, -0.2) is 8.78 Å². The third kappa shape index (κ3) is 4.24. The molecule has 2 heterocycles. The fraction of sp³-hybridized carbons (Fsp3) is 0.333. The first-order valence-corrected chi connectivity index (χ1v) is 9.84. The molecule has 0 saturated heterocycles. The van der Waals surface area contributed by atoms with Crippen molar-refractivity contribution in [3.8, 4) is 16.9 Å². The minimum absolute atomic E-state index is 0.141. The molecule has 1 aliphatic carbocycles. The number of hydrogen-bond donors (Lipinski definition) is 2. The molecule has 0 unspecified atom stereocenters. The van der Waals surface area contributed by atoms with Crippen molar-refractivity contribution in [2.75, 3.05) is 0 Å². The highest BCUT2D eigenvalue weighted by molar-refractivity contribution is 5.95. The number of aliphatic hydroxyl groups excluding tert-OH is 1. The molecule has 0 aliphatic heterocycles. The average molecular weight is 429 g/mol. The fourth-order valence-electron chi connectivity index (χ4n) is 3.65. The number of nitrogens with zero attached hydrogens (tertiary/aromatic N) is 4. The standard InChI is InChI=1S/C21H21F2N5O3/c1-27-11-14(10-24-27)28-21(31)15(20(30)25-16-3-2-4-18(16)29)9-17(26-28)12-5-7-13(8-6-12)19(22)23/h5-11,16,18-19,29H,2-4H2,1H3,(H,25,30)/t16-,18-/m1/s1. The number of nitrogens with one attached hydrogen (secondary N) is 1. The van der Waals surface area contributed by atoms with Gasteiger partial charge in [-0.15, -0.1) is 0 Å². The maximum absolute atomic E-state index is 13.0. The Morgan fingerprint density at radius 3 is 2.58 bits per heavy atom. The summed E-state index contributed by atoms with van der Waals surface area (Å²) in [5.74, 6) is -0.624. The molecular formula is C21H21F2N5O3. The number of amides is 1. The molecule has 0 bridgehead atoms. The Balaban J connectivity index is 1.78. The molecule has 1 fully saturated rings. The van der Waals surface area contributed by atoms with Gasteiger partial charge in [0.1, 0.15) is 11.3 Å². The van der Waals surface area contributed by atoms with Crippen LogP contribution in [0.1, 0.15) is 41.6 Å². The number of aryl methyl sites for hydroxylation is 1. The highest BCUT2D eigenvalue weighted by atomic mass is 19.3. The maximum Gasteiger partial charge on any atom is 0.284 e. The number of carbonyl (C=O) groups excluding carboxylic acids is 1. The van der Waals surface area contributed by atoms with E-state index in [1.807, 2.05) is 0 Å². The first-order chi connectivity index (χ1) is 14.8. The van der Waals surface area contributed by atoms with E-state index in [9.17, 15) is 23.5 Å². The van der Waals surface area contributed by atoms with Crippen LogP contribution in [0, 0.1) is 0 Å². The zero-order valence-electron chi connectivity index (χ0n) is 16.7. The van der Waals surface area contributed by atoms with Crippen LogP contribution < -0.4 is 10.9 Å². The Bertz CT molecular complexity index is 1160. The summed E-state index contributed by atoms with van der Waals surface area (Å²) < 4.78 is 28.3.